The van der Waals surface area contributed by atoms with E-state index in [-0.39, 0.29) is 24.5 Å². The molecule has 0 saturated heterocycles. The summed E-state index contributed by atoms with van der Waals surface area (Å²) in [5, 5.41) is 6.73. The number of rotatable bonds is 4. The second-order valence-corrected chi connectivity index (χ2v) is 4.50. The lowest BCUT2D eigenvalue weighted by Gasteiger charge is -2.06. The summed E-state index contributed by atoms with van der Waals surface area (Å²) in [5.74, 6) is -0.763. The Labute approximate surface area is 119 Å². The first-order valence-corrected chi connectivity index (χ1v) is 6.34. The Balaban J connectivity index is 2.36. The molecule has 2 rings (SSSR count). The lowest BCUT2D eigenvalue weighted by Crippen LogP contribution is -2.09. The normalized spacial score (nSPS) is 10.6. The zero-order chi connectivity index (χ0) is 14.7. The molecule has 3 N–H and O–H groups in total. The van der Waals surface area contributed by atoms with Crippen molar-refractivity contribution in [3.63, 3.8) is 0 Å². The molecule has 5 nitrogen and oxygen atoms in total. The van der Waals surface area contributed by atoms with E-state index in [1.165, 1.54) is 18.2 Å². The van der Waals surface area contributed by atoms with Gasteiger partial charge in [-0.1, -0.05) is 11.6 Å². The third-order valence-corrected chi connectivity index (χ3v) is 3.11. The number of hydrogen-bond donors (Lipinski definition) is 2. The van der Waals surface area contributed by atoms with Gasteiger partial charge in [0.25, 0.3) is 0 Å². The van der Waals surface area contributed by atoms with Crippen molar-refractivity contribution in [2.24, 2.45) is 0 Å². The minimum Gasteiger partial charge on any atom is -0.461 e. The van der Waals surface area contributed by atoms with Gasteiger partial charge in [-0.05, 0) is 30.7 Å². The predicted molar refractivity (Wildman–Crippen MR) is 73.2 cm³/mol. The van der Waals surface area contributed by atoms with Gasteiger partial charge < -0.3 is 10.5 Å². The molecule has 7 heteroatoms. The van der Waals surface area contributed by atoms with Crippen LogP contribution in [0, 0.1) is 5.82 Å². The van der Waals surface area contributed by atoms with Crippen LogP contribution in [-0.2, 0) is 11.2 Å². The van der Waals surface area contributed by atoms with Crippen LogP contribution in [0.2, 0.25) is 5.02 Å². The number of nitrogens with one attached hydrogen (secondary N) is 1. The largest absolute Gasteiger partial charge is 0.461 e. The molecule has 1 aromatic heterocycles. The molecule has 0 spiro atoms. The summed E-state index contributed by atoms with van der Waals surface area (Å²) in [5.41, 5.74) is 6.80. The molecule has 0 saturated carbocycles. The fraction of sp³-hybridized carbons (Fsp3) is 0.231. The highest BCUT2D eigenvalue weighted by molar-refractivity contribution is 6.31. The Morgan fingerprint density at radius 3 is 3.00 bits per heavy atom. The van der Waals surface area contributed by atoms with E-state index in [1.807, 2.05) is 0 Å². The molecule has 1 heterocycles. The highest BCUT2D eigenvalue weighted by Crippen LogP contribution is 2.24. The molecule has 0 aliphatic carbocycles. The number of aromatic amines is 1. The van der Waals surface area contributed by atoms with E-state index in [0.29, 0.717) is 16.1 Å². The lowest BCUT2D eigenvalue weighted by molar-refractivity contribution is 0.0518. The molecule has 0 fully saturated rings. The van der Waals surface area contributed by atoms with Gasteiger partial charge in [0.2, 0.25) is 0 Å². The SMILES string of the molecule is CCOC(=O)c1n[nH]c(N)c1Cc1cc(F)ccc1Cl. The third kappa shape index (κ3) is 2.91. The summed E-state index contributed by atoms with van der Waals surface area (Å²) < 4.78 is 18.1. The second kappa shape index (κ2) is 5.92. The molecule has 0 aliphatic heterocycles. The smallest absolute Gasteiger partial charge is 0.359 e. The van der Waals surface area contributed by atoms with E-state index in [9.17, 15) is 9.18 Å². The fourth-order valence-electron chi connectivity index (χ4n) is 1.80. The number of esters is 1. The van der Waals surface area contributed by atoms with Crippen molar-refractivity contribution in [1.29, 1.82) is 0 Å². The summed E-state index contributed by atoms with van der Waals surface area (Å²) in [6, 6.07) is 4.01. The monoisotopic (exact) mass is 297 g/mol. The summed E-state index contributed by atoms with van der Waals surface area (Å²) in [7, 11) is 0. The molecule has 0 atom stereocenters. The lowest BCUT2D eigenvalue weighted by atomic mass is 10.0. The quantitative estimate of drug-likeness (QED) is 0.850. The highest BCUT2D eigenvalue weighted by atomic mass is 35.5. The first kappa shape index (κ1) is 14.3. The number of carbonyl (C=O) groups is 1. The molecule has 0 amide bonds. The first-order chi connectivity index (χ1) is 9.52. The predicted octanol–water partition coefficient (Wildman–Crippen LogP) is 2.55. The van der Waals surface area contributed by atoms with Gasteiger partial charge in [-0.3, -0.25) is 5.10 Å². The standard InChI is InChI=1S/C13H13ClFN3O2/c1-2-20-13(19)11-9(12(16)18-17-11)6-7-5-8(15)3-4-10(7)14/h3-5H,2,6H2,1H3,(H3,16,17,18). The van der Waals surface area contributed by atoms with E-state index >= 15 is 0 Å². The van der Waals surface area contributed by atoms with Crippen molar-refractivity contribution in [3.05, 3.63) is 45.9 Å². The number of nitrogens with zero attached hydrogens (tertiary/aromatic N) is 1. The minimum atomic E-state index is -0.581. The van der Waals surface area contributed by atoms with E-state index in [2.05, 4.69) is 10.2 Å². The average molecular weight is 298 g/mol. The highest BCUT2D eigenvalue weighted by Gasteiger charge is 2.20. The Kier molecular flexibility index (Phi) is 4.24. The molecule has 0 radical (unpaired) electrons. The van der Waals surface area contributed by atoms with Crippen molar-refractivity contribution < 1.29 is 13.9 Å². The summed E-state index contributed by atoms with van der Waals surface area (Å²) in [4.78, 5) is 11.8. The van der Waals surface area contributed by atoms with Gasteiger partial charge in [0.05, 0.1) is 6.61 Å². The number of anilines is 1. The Morgan fingerprint density at radius 1 is 1.55 bits per heavy atom. The van der Waals surface area contributed by atoms with Crippen LogP contribution in [0.25, 0.3) is 0 Å². The molecule has 20 heavy (non-hydrogen) atoms. The zero-order valence-electron chi connectivity index (χ0n) is 10.7. The molecule has 0 unspecified atom stereocenters. The molecule has 1 aromatic carbocycles. The number of ether oxygens (including phenoxy) is 1. The van der Waals surface area contributed by atoms with E-state index in [0.717, 1.165) is 0 Å². The van der Waals surface area contributed by atoms with E-state index in [4.69, 9.17) is 22.1 Å². The molecular weight excluding hydrogens is 285 g/mol. The number of hydrogen-bond acceptors (Lipinski definition) is 4. The van der Waals surface area contributed by atoms with Crippen LogP contribution in [0.1, 0.15) is 28.5 Å². The van der Waals surface area contributed by atoms with Gasteiger partial charge >= 0.3 is 5.97 Å². The minimum absolute atomic E-state index is 0.0877. The maximum absolute atomic E-state index is 13.3. The Hall–Kier alpha value is -2.08. The number of carbonyl (C=O) groups excluding carboxylic acids is 1. The summed E-state index contributed by atoms with van der Waals surface area (Å²) in [6.07, 6.45) is 0.188. The summed E-state index contributed by atoms with van der Waals surface area (Å²) in [6.45, 7) is 1.92. The van der Waals surface area contributed by atoms with Crippen molar-refractivity contribution in [1.82, 2.24) is 10.2 Å². The first-order valence-electron chi connectivity index (χ1n) is 5.96. The van der Waals surface area contributed by atoms with Gasteiger partial charge in [-0.2, -0.15) is 5.10 Å². The van der Waals surface area contributed by atoms with Gasteiger partial charge in [0.15, 0.2) is 5.69 Å². The van der Waals surface area contributed by atoms with Crippen molar-refractivity contribution in [2.75, 3.05) is 12.3 Å². The number of benzene rings is 1. The number of H-pyrrole nitrogens is 1. The van der Waals surface area contributed by atoms with Gasteiger partial charge in [-0.15, -0.1) is 0 Å². The molecule has 0 bridgehead atoms. The number of aromatic nitrogens is 2. The van der Waals surface area contributed by atoms with Crippen LogP contribution < -0.4 is 5.73 Å². The number of nitrogens with two attached hydrogens (primary N) is 1. The fourth-order valence-corrected chi connectivity index (χ4v) is 1.98. The van der Waals surface area contributed by atoms with Crippen LogP contribution >= 0.6 is 11.6 Å². The third-order valence-electron chi connectivity index (χ3n) is 2.74. The van der Waals surface area contributed by atoms with Crippen LogP contribution in [0.5, 0.6) is 0 Å². The van der Waals surface area contributed by atoms with Crippen LogP contribution in [0.15, 0.2) is 18.2 Å². The van der Waals surface area contributed by atoms with Gasteiger partial charge in [0, 0.05) is 17.0 Å². The van der Waals surface area contributed by atoms with Crippen molar-refractivity contribution in [3.8, 4) is 0 Å². The van der Waals surface area contributed by atoms with Crippen molar-refractivity contribution >= 4 is 23.4 Å². The number of nitrogen functional groups attached to an aromatic ring is 1. The molecule has 2 aromatic rings. The van der Waals surface area contributed by atoms with E-state index < -0.39 is 11.8 Å². The maximum atomic E-state index is 13.3. The maximum Gasteiger partial charge on any atom is 0.359 e. The zero-order valence-corrected chi connectivity index (χ0v) is 11.5. The van der Waals surface area contributed by atoms with Crippen molar-refractivity contribution in [2.45, 2.75) is 13.3 Å². The molecule has 0 aliphatic rings. The molecular formula is C13H13ClFN3O2. The topological polar surface area (TPSA) is 81.0 Å². The van der Waals surface area contributed by atoms with Crippen LogP contribution in [-0.4, -0.2) is 22.8 Å². The van der Waals surface area contributed by atoms with E-state index in [1.54, 1.807) is 6.92 Å². The summed E-state index contributed by atoms with van der Waals surface area (Å²) >= 11 is 6.00. The van der Waals surface area contributed by atoms with Crippen LogP contribution in [0.3, 0.4) is 0 Å². The second-order valence-electron chi connectivity index (χ2n) is 4.10. The average Bonchev–Trinajstić information content (AvgIpc) is 2.76. The van der Waals surface area contributed by atoms with Crippen LogP contribution in [0.4, 0.5) is 10.2 Å². The Morgan fingerprint density at radius 2 is 2.30 bits per heavy atom. The van der Waals surface area contributed by atoms with Gasteiger partial charge in [0.1, 0.15) is 11.6 Å². The number of halogens is 2. The molecule has 106 valence electrons. The van der Waals surface area contributed by atoms with Gasteiger partial charge in [-0.25, -0.2) is 9.18 Å². The Bertz CT molecular complexity index is 643.